The van der Waals surface area contributed by atoms with Crippen LogP contribution in [0.15, 0.2) is 0 Å². The molecule has 0 amide bonds. The molecular formula is C77H150O17P2. The first kappa shape index (κ1) is 94.1. The molecule has 0 aliphatic carbocycles. The van der Waals surface area contributed by atoms with Crippen molar-refractivity contribution in [3.63, 3.8) is 0 Å². The van der Waals surface area contributed by atoms with Crippen LogP contribution in [0.1, 0.15) is 401 Å². The maximum Gasteiger partial charge on any atom is 0.472 e. The van der Waals surface area contributed by atoms with Gasteiger partial charge in [-0.05, 0) is 37.5 Å². The summed E-state index contributed by atoms with van der Waals surface area (Å²) in [6, 6.07) is 0. The minimum Gasteiger partial charge on any atom is -0.462 e. The third-order valence-corrected chi connectivity index (χ3v) is 20.6. The van der Waals surface area contributed by atoms with Gasteiger partial charge >= 0.3 is 39.5 Å². The molecule has 96 heavy (non-hydrogen) atoms. The van der Waals surface area contributed by atoms with Crippen molar-refractivity contribution in [1.82, 2.24) is 0 Å². The minimum atomic E-state index is -4.96. The molecule has 0 heterocycles. The van der Waals surface area contributed by atoms with Gasteiger partial charge in [-0.15, -0.1) is 0 Å². The van der Waals surface area contributed by atoms with E-state index in [-0.39, 0.29) is 25.7 Å². The second-order valence-corrected chi connectivity index (χ2v) is 31.1. The Morgan fingerprint density at radius 3 is 0.740 bits per heavy atom. The number of hydrogen-bond donors (Lipinski definition) is 3. The summed E-state index contributed by atoms with van der Waals surface area (Å²) in [4.78, 5) is 72.8. The van der Waals surface area contributed by atoms with Gasteiger partial charge in [0.05, 0.1) is 26.4 Å². The standard InChI is InChI=1S/C77H150O17P2/c1-7-11-13-15-17-19-20-27-31-35-42-48-54-60-75(80)88-66-72(93-76(81)61-55-49-43-36-32-29-26-24-22-21-23-25-28-30-34-39-45-51-57-69(5)9-3)67-91-95(83,84)89-63-71(78)64-90-96(85,86)92-68-73(65-87-74(79)59-53-47-41-33-18-16-14-12-8-2)94-77(82)62-56-50-44-38-37-40-46-52-58-70(6)10-4/h69-73,78H,7-68H2,1-6H3,(H,83,84)(H,85,86)/t69?,70?,71-,72-,73-/m1/s1. The van der Waals surface area contributed by atoms with E-state index in [1.165, 1.54) is 218 Å². The summed E-state index contributed by atoms with van der Waals surface area (Å²) < 4.78 is 68.5. The van der Waals surface area contributed by atoms with E-state index in [2.05, 4.69) is 41.5 Å². The van der Waals surface area contributed by atoms with Crippen molar-refractivity contribution in [3.8, 4) is 0 Å². The molecule has 0 aromatic carbocycles. The number of carbonyl (C=O) groups excluding carboxylic acids is 4. The number of aliphatic hydroxyl groups excluding tert-OH is 1. The fourth-order valence-electron chi connectivity index (χ4n) is 11.8. The van der Waals surface area contributed by atoms with Crippen LogP contribution in [0, 0.1) is 11.8 Å². The molecule has 0 aromatic heterocycles. The molecule has 0 rings (SSSR count). The summed E-state index contributed by atoms with van der Waals surface area (Å²) in [5.74, 6) is -0.476. The fourth-order valence-corrected chi connectivity index (χ4v) is 13.3. The molecule has 4 unspecified atom stereocenters. The Balaban J connectivity index is 5.18. The second-order valence-electron chi connectivity index (χ2n) is 28.2. The number of phosphoric ester groups is 2. The predicted octanol–water partition coefficient (Wildman–Crippen LogP) is 22.7. The van der Waals surface area contributed by atoms with Gasteiger partial charge in [0, 0.05) is 25.7 Å². The molecule has 0 aliphatic rings. The highest BCUT2D eigenvalue weighted by Crippen LogP contribution is 2.45. The van der Waals surface area contributed by atoms with Crippen molar-refractivity contribution in [2.45, 2.75) is 419 Å². The van der Waals surface area contributed by atoms with Crippen LogP contribution >= 0.6 is 15.6 Å². The Morgan fingerprint density at radius 2 is 0.500 bits per heavy atom. The van der Waals surface area contributed by atoms with Crippen LogP contribution < -0.4 is 0 Å². The van der Waals surface area contributed by atoms with Gasteiger partial charge in [-0.25, -0.2) is 9.13 Å². The Labute approximate surface area is 588 Å². The smallest absolute Gasteiger partial charge is 0.462 e. The number of hydrogen-bond acceptors (Lipinski definition) is 15. The van der Waals surface area contributed by atoms with Gasteiger partial charge in [0.25, 0.3) is 0 Å². The van der Waals surface area contributed by atoms with Gasteiger partial charge in [0.1, 0.15) is 19.3 Å². The predicted molar refractivity (Wildman–Crippen MR) is 391 cm³/mol. The molecule has 0 fully saturated rings. The highest BCUT2D eigenvalue weighted by Gasteiger charge is 2.30. The third kappa shape index (κ3) is 67.9. The largest absolute Gasteiger partial charge is 0.472 e. The number of carbonyl (C=O) groups is 4. The molecule has 17 nitrogen and oxygen atoms in total. The van der Waals surface area contributed by atoms with Gasteiger partial charge in [-0.3, -0.25) is 37.3 Å². The number of rotatable bonds is 76. The number of aliphatic hydroxyl groups is 1. The maximum atomic E-state index is 13.1. The first-order chi connectivity index (χ1) is 46.4. The molecule has 0 aliphatic heterocycles. The van der Waals surface area contributed by atoms with E-state index in [0.29, 0.717) is 25.7 Å². The number of phosphoric acid groups is 2. The van der Waals surface area contributed by atoms with E-state index < -0.39 is 97.5 Å². The monoisotopic (exact) mass is 1410 g/mol. The Bertz CT molecular complexity index is 1860. The topological polar surface area (TPSA) is 237 Å². The van der Waals surface area contributed by atoms with Crippen molar-refractivity contribution >= 4 is 39.5 Å². The van der Waals surface area contributed by atoms with E-state index in [1.807, 2.05) is 0 Å². The van der Waals surface area contributed by atoms with Crippen LogP contribution in [0.5, 0.6) is 0 Å². The number of esters is 4. The third-order valence-electron chi connectivity index (χ3n) is 18.7. The summed E-state index contributed by atoms with van der Waals surface area (Å²) in [7, 11) is -9.91. The van der Waals surface area contributed by atoms with Gasteiger partial charge in [-0.2, -0.15) is 0 Å². The van der Waals surface area contributed by atoms with E-state index in [9.17, 15) is 43.2 Å². The zero-order valence-corrected chi connectivity index (χ0v) is 64.5. The van der Waals surface area contributed by atoms with Crippen LogP contribution in [-0.4, -0.2) is 96.7 Å². The van der Waals surface area contributed by atoms with Gasteiger partial charge in [-0.1, -0.05) is 350 Å². The zero-order valence-electron chi connectivity index (χ0n) is 62.7. The van der Waals surface area contributed by atoms with Crippen molar-refractivity contribution in [1.29, 1.82) is 0 Å². The molecule has 19 heteroatoms. The second kappa shape index (κ2) is 68.8. The first-order valence-electron chi connectivity index (χ1n) is 40.1. The van der Waals surface area contributed by atoms with Gasteiger partial charge in [0.15, 0.2) is 12.2 Å². The van der Waals surface area contributed by atoms with Crippen LogP contribution in [-0.2, 0) is 65.4 Å². The van der Waals surface area contributed by atoms with Crippen molar-refractivity contribution < 1.29 is 80.2 Å². The lowest BCUT2D eigenvalue weighted by Crippen LogP contribution is -2.30. The maximum absolute atomic E-state index is 13.1. The molecule has 7 atom stereocenters. The van der Waals surface area contributed by atoms with Crippen LogP contribution in [0.3, 0.4) is 0 Å². The number of ether oxygens (including phenoxy) is 4. The van der Waals surface area contributed by atoms with E-state index in [4.69, 9.17) is 37.0 Å². The Hall–Kier alpha value is -1.94. The highest BCUT2D eigenvalue weighted by molar-refractivity contribution is 7.47. The lowest BCUT2D eigenvalue weighted by molar-refractivity contribution is -0.161. The molecule has 3 N–H and O–H groups in total. The van der Waals surface area contributed by atoms with Crippen molar-refractivity contribution in [2.24, 2.45) is 11.8 Å². The quantitative estimate of drug-likeness (QED) is 0.0222. The Morgan fingerprint density at radius 1 is 0.292 bits per heavy atom. The molecule has 0 radical (unpaired) electrons. The lowest BCUT2D eigenvalue weighted by Gasteiger charge is -2.21. The Kier molecular flexibility index (Phi) is 67.4. The molecule has 0 aromatic rings. The van der Waals surface area contributed by atoms with Crippen molar-refractivity contribution in [3.05, 3.63) is 0 Å². The van der Waals surface area contributed by atoms with E-state index in [0.717, 1.165) is 102 Å². The molecule has 570 valence electrons. The summed E-state index contributed by atoms with van der Waals surface area (Å²) in [6.07, 6.45) is 56.8. The van der Waals surface area contributed by atoms with Crippen LogP contribution in [0.4, 0.5) is 0 Å². The highest BCUT2D eigenvalue weighted by atomic mass is 31.2. The summed E-state index contributed by atoms with van der Waals surface area (Å²) in [5, 5.41) is 10.6. The summed E-state index contributed by atoms with van der Waals surface area (Å²) in [6.45, 7) is 9.65. The molecule has 0 saturated carbocycles. The van der Waals surface area contributed by atoms with E-state index in [1.54, 1.807) is 0 Å². The van der Waals surface area contributed by atoms with Gasteiger partial charge in [0.2, 0.25) is 0 Å². The van der Waals surface area contributed by atoms with Crippen molar-refractivity contribution in [2.75, 3.05) is 39.6 Å². The van der Waals surface area contributed by atoms with Crippen LogP contribution in [0.25, 0.3) is 0 Å². The normalized spacial score (nSPS) is 14.6. The zero-order chi connectivity index (χ0) is 70.7. The first-order valence-corrected chi connectivity index (χ1v) is 43.1. The SMILES string of the molecule is CCCCCCCCCCCCCCCC(=O)OC[C@H](COP(=O)(O)OC[C@@H](O)COP(=O)(O)OC[C@@H](COC(=O)CCCCCCCCCCC)OC(=O)CCCCCCCCCCC(C)CC)OC(=O)CCCCCCCCCCCCCCCCCCCCC(C)CC. The van der Waals surface area contributed by atoms with Gasteiger partial charge < -0.3 is 33.8 Å². The lowest BCUT2D eigenvalue weighted by atomic mass is 9.99. The number of unbranched alkanes of at least 4 members (excludes halogenated alkanes) is 44. The fraction of sp³-hybridized carbons (Fsp3) is 0.948. The molecule has 0 bridgehead atoms. The molecule has 0 saturated heterocycles. The molecule has 0 spiro atoms. The average molecular weight is 1410 g/mol. The van der Waals surface area contributed by atoms with E-state index >= 15 is 0 Å². The molecular weight excluding hydrogens is 1260 g/mol. The average Bonchev–Trinajstić information content (AvgIpc) is 1.64. The summed E-state index contributed by atoms with van der Waals surface area (Å²) >= 11 is 0. The minimum absolute atomic E-state index is 0.105. The summed E-state index contributed by atoms with van der Waals surface area (Å²) in [5.41, 5.74) is 0. The van der Waals surface area contributed by atoms with Crippen LogP contribution in [0.2, 0.25) is 0 Å².